The Balaban J connectivity index is 1.96. The number of hydrogen-bond acceptors (Lipinski definition) is 3. The van der Waals surface area contributed by atoms with Gasteiger partial charge in [0, 0.05) is 18.6 Å². The van der Waals surface area contributed by atoms with Gasteiger partial charge in [0.05, 0.1) is 10.6 Å². The van der Waals surface area contributed by atoms with Crippen LogP contribution in [-0.2, 0) is 21.4 Å². The number of rotatable bonds is 7. The van der Waals surface area contributed by atoms with Crippen molar-refractivity contribution in [1.82, 2.24) is 4.90 Å². The number of amides is 1. The first-order valence-electron chi connectivity index (χ1n) is 9.41. The second kappa shape index (κ2) is 9.32. The number of likely N-dealkylation sites (N-methyl/N-ethyl adjacent to an activating group) is 1. The molecule has 3 aromatic rings. The molecule has 0 aliphatic rings. The zero-order chi connectivity index (χ0) is 21.7. The van der Waals surface area contributed by atoms with E-state index in [9.17, 15) is 13.2 Å². The SMILES string of the molecule is Cc1c(Cl)cccc1N(CC(=O)N(C)Cc1ccccc1)S(=O)(=O)c1ccccc1. The van der Waals surface area contributed by atoms with Crippen molar-refractivity contribution in [2.24, 2.45) is 0 Å². The number of halogens is 1. The van der Waals surface area contributed by atoms with E-state index in [1.807, 2.05) is 30.3 Å². The predicted octanol–water partition coefficient (Wildman–Crippen LogP) is 4.50. The molecule has 3 rings (SSSR count). The quantitative estimate of drug-likeness (QED) is 0.541. The van der Waals surface area contributed by atoms with Crippen molar-refractivity contribution >= 4 is 33.2 Å². The van der Waals surface area contributed by atoms with E-state index in [4.69, 9.17) is 11.6 Å². The summed E-state index contributed by atoms with van der Waals surface area (Å²) in [5, 5.41) is 0.436. The van der Waals surface area contributed by atoms with E-state index in [2.05, 4.69) is 0 Å². The first-order chi connectivity index (χ1) is 14.3. The molecule has 0 saturated heterocycles. The third-order valence-electron chi connectivity index (χ3n) is 4.81. The number of sulfonamides is 1. The Kier molecular flexibility index (Phi) is 6.80. The van der Waals surface area contributed by atoms with Crippen molar-refractivity contribution < 1.29 is 13.2 Å². The van der Waals surface area contributed by atoms with Crippen LogP contribution < -0.4 is 4.31 Å². The molecule has 0 fully saturated rings. The van der Waals surface area contributed by atoms with Gasteiger partial charge >= 0.3 is 0 Å². The van der Waals surface area contributed by atoms with Gasteiger partial charge in [-0.25, -0.2) is 8.42 Å². The Morgan fingerprint density at radius 1 is 0.900 bits per heavy atom. The number of carbonyl (C=O) groups is 1. The summed E-state index contributed by atoms with van der Waals surface area (Å²) in [7, 11) is -2.31. The molecule has 0 aliphatic heterocycles. The molecule has 0 unspecified atom stereocenters. The van der Waals surface area contributed by atoms with E-state index >= 15 is 0 Å². The van der Waals surface area contributed by atoms with Crippen molar-refractivity contribution in [2.75, 3.05) is 17.9 Å². The summed E-state index contributed by atoms with van der Waals surface area (Å²) < 4.78 is 28.0. The van der Waals surface area contributed by atoms with Crippen LogP contribution in [0.3, 0.4) is 0 Å². The lowest BCUT2D eigenvalue weighted by Crippen LogP contribution is -2.41. The molecule has 0 saturated carbocycles. The van der Waals surface area contributed by atoms with Crippen molar-refractivity contribution in [3.05, 3.63) is 95.0 Å². The number of carbonyl (C=O) groups excluding carboxylic acids is 1. The molecule has 1 amide bonds. The lowest BCUT2D eigenvalue weighted by molar-refractivity contribution is -0.128. The predicted molar refractivity (Wildman–Crippen MR) is 120 cm³/mol. The second-order valence-corrected chi connectivity index (χ2v) is 9.21. The minimum absolute atomic E-state index is 0.114. The number of hydrogen-bond donors (Lipinski definition) is 0. The third kappa shape index (κ3) is 4.83. The van der Waals surface area contributed by atoms with Gasteiger partial charge < -0.3 is 4.90 Å². The molecule has 7 heteroatoms. The average molecular weight is 443 g/mol. The van der Waals surface area contributed by atoms with Crippen molar-refractivity contribution in [3.63, 3.8) is 0 Å². The average Bonchev–Trinajstić information content (AvgIpc) is 2.75. The summed E-state index contributed by atoms with van der Waals surface area (Å²) in [4.78, 5) is 14.6. The van der Waals surface area contributed by atoms with Gasteiger partial charge in [-0.3, -0.25) is 9.10 Å². The number of anilines is 1. The number of nitrogens with zero attached hydrogens (tertiary/aromatic N) is 2. The second-order valence-electron chi connectivity index (χ2n) is 6.94. The Labute approximate surface area is 182 Å². The van der Waals surface area contributed by atoms with Crippen LogP contribution >= 0.6 is 11.6 Å². The van der Waals surface area contributed by atoms with Gasteiger partial charge in [-0.1, -0.05) is 66.2 Å². The fraction of sp³-hybridized carbons (Fsp3) is 0.174. The molecule has 3 aromatic carbocycles. The van der Waals surface area contributed by atoms with Crippen LogP contribution in [0.4, 0.5) is 5.69 Å². The minimum atomic E-state index is -3.97. The molecule has 30 heavy (non-hydrogen) atoms. The van der Waals surface area contributed by atoms with E-state index in [1.165, 1.54) is 17.0 Å². The standard InChI is InChI=1S/C23H23ClN2O3S/c1-18-21(24)14-9-15-22(18)26(30(28,29)20-12-7-4-8-13-20)17-23(27)25(2)16-19-10-5-3-6-11-19/h3-15H,16-17H2,1-2H3. The van der Waals surface area contributed by atoms with Gasteiger partial charge in [0.1, 0.15) is 6.54 Å². The van der Waals surface area contributed by atoms with Gasteiger partial charge in [0.15, 0.2) is 0 Å². The normalized spacial score (nSPS) is 11.2. The molecule has 0 N–H and O–H groups in total. The van der Waals surface area contributed by atoms with Crippen LogP contribution in [-0.4, -0.2) is 32.8 Å². The molecule has 156 valence electrons. The third-order valence-corrected chi connectivity index (χ3v) is 6.99. The lowest BCUT2D eigenvalue weighted by Gasteiger charge is -2.28. The molecule has 0 spiro atoms. The summed E-state index contributed by atoms with van der Waals surface area (Å²) >= 11 is 6.24. The van der Waals surface area contributed by atoms with Crippen LogP contribution in [0.1, 0.15) is 11.1 Å². The fourth-order valence-corrected chi connectivity index (χ4v) is 4.74. The molecule has 0 aromatic heterocycles. The Morgan fingerprint density at radius 3 is 2.13 bits per heavy atom. The molecule has 5 nitrogen and oxygen atoms in total. The van der Waals surface area contributed by atoms with Crippen LogP contribution in [0.2, 0.25) is 5.02 Å². The Morgan fingerprint density at radius 2 is 1.50 bits per heavy atom. The molecular weight excluding hydrogens is 420 g/mol. The first kappa shape index (κ1) is 21.9. The highest BCUT2D eigenvalue weighted by Crippen LogP contribution is 2.30. The lowest BCUT2D eigenvalue weighted by atomic mass is 10.2. The highest BCUT2D eigenvalue weighted by molar-refractivity contribution is 7.92. The molecule has 0 aliphatic carbocycles. The fourth-order valence-electron chi connectivity index (χ4n) is 3.07. The summed E-state index contributed by atoms with van der Waals surface area (Å²) in [6, 6.07) is 22.6. The highest BCUT2D eigenvalue weighted by atomic mass is 35.5. The van der Waals surface area contributed by atoms with Crippen LogP contribution in [0.15, 0.2) is 83.8 Å². The van der Waals surface area contributed by atoms with E-state index in [0.29, 0.717) is 22.8 Å². The molecular formula is C23H23ClN2O3S. The van der Waals surface area contributed by atoms with Crippen molar-refractivity contribution in [2.45, 2.75) is 18.4 Å². The monoisotopic (exact) mass is 442 g/mol. The van der Waals surface area contributed by atoms with Crippen molar-refractivity contribution in [3.8, 4) is 0 Å². The zero-order valence-corrected chi connectivity index (χ0v) is 18.4. The van der Waals surface area contributed by atoms with Crippen LogP contribution in [0.5, 0.6) is 0 Å². The van der Waals surface area contributed by atoms with Crippen LogP contribution in [0.25, 0.3) is 0 Å². The largest absolute Gasteiger partial charge is 0.340 e. The Bertz CT molecular complexity index is 1120. The summed E-state index contributed by atoms with van der Waals surface area (Å²) in [5.41, 5.74) is 1.94. The molecule has 0 heterocycles. The molecule has 0 bridgehead atoms. The van der Waals surface area contributed by atoms with Gasteiger partial charge in [0.25, 0.3) is 10.0 Å². The van der Waals surface area contributed by atoms with Gasteiger partial charge in [-0.05, 0) is 42.3 Å². The van der Waals surface area contributed by atoms with Gasteiger partial charge in [0.2, 0.25) is 5.91 Å². The maximum absolute atomic E-state index is 13.4. The van der Waals surface area contributed by atoms with Gasteiger partial charge in [-0.15, -0.1) is 0 Å². The summed E-state index contributed by atoms with van der Waals surface area (Å²) in [5.74, 6) is -0.322. The van der Waals surface area contributed by atoms with Crippen molar-refractivity contribution in [1.29, 1.82) is 0 Å². The first-order valence-corrected chi connectivity index (χ1v) is 11.2. The summed E-state index contributed by atoms with van der Waals surface area (Å²) in [6.45, 7) is 1.79. The van der Waals surface area contributed by atoms with E-state index in [-0.39, 0.29) is 17.3 Å². The topological polar surface area (TPSA) is 57.7 Å². The number of benzene rings is 3. The maximum Gasteiger partial charge on any atom is 0.264 e. The van der Waals surface area contributed by atoms with Gasteiger partial charge in [-0.2, -0.15) is 0 Å². The van der Waals surface area contributed by atoms with E-state index in [1.54, 1.807) is 50.4 Å². The Hall–Kier alpha value is -2.83. The highest BCUT2D eigenvalue weighted by Gasteiger charge is 2.29. The van der Waals surface area contributed by atoms with E-state index in [0.717, 1.165) is 9.87 Å². The van der Waals surface area contributed by atoms with Crippen LogP contribution in [0, 0.1) is 6.92 Å². The molecule has 0 atom stereocenters. The van der Waals surface area contributed by atoms with E-state index < -0.39 is 10.0 Å². The summed E-state index contributed by atoms with van der Waals surface area (Å²) in [6.07, 6.45) is 0. The smallest absolute Gasteiger partial charge is 0.264 e. The molecule has 0 radical (unpaired) electrons. The minimum Gasteiger partial charge on any atom is -0.340 e. The maximum atomic E-state index is 13.4. The zero-order valence-electron chi connectivity index (χ0n) is 16.8.